The molecule has 0 aromatic heterocycles. The third-order valence-electron chi connectivity index (χ3n) is 2.71. The number of hydrazine groups is 1. The van der Waals surface area contributed by atoms with E-state index >= 15 is 0 Å². The lowest BCUT2D eigenvalue weighted by Crippen LogP contribution is -2.31. The summed E-state index contributed by atoms with van der Waals surface area (Å²) in [4.78, 5) is 0. The summed E-state index contributed by atoms with van der Waals surface area (Å²) in [6, 6.07) is 8.55. The van der Waals surface area contributed by atoms with Gasteiger partial charge in [-0.3, -0.25) is 11.3 Å². The van der Waals surface area contributed by atoms with Gasteiger partial charge in [0.2, 0.25) is 0 Å². The number of ether oxygens (including phenoxy) is 1. The molecule has 0 aliphatic carbocycles. The lowest BCUT2D eigenvalue weighted by molar-refractivity contribution is 0.167. The van der Waals surface area contributed by atoms with Crippen LogP contribution in [0.15, 0.2) is 24.3 Å². The summed E-state index contributed by atoms with van der Waals surface area (Å²) >= 11 is 0. The summed E-state index contributed by atoms with van der Waals surface area (Å²) < 4.78 is 5.10. The van der Waals surface area contributed by atoms with Gasteiger partial charge in [-0.15, -0.1) is 0 Å². The first-order valence-corrected chi connectivity index (χ1v) is 5.54. The monoisotopic (exact) mass is 222 g/mol. The molecule has 0 amide bonds. The zero-order chi connectivity index (χ0) is 12.2. The third-order valence-corrected chi connectivity index (χ3v) is 2.71. The maximum Gasteiger partial charge on any atom is 0.0693 e. The molecule has 3 N–H and O–H groups in total. The van der Waals surface area contributed by atoms with E-state index in [9.17, 15) is 0 Å². The van der Waals surface area contributed by atoms with Gasteiger partial charge in [0.15, 0.2) is 0 Å². The lowest BCUT2D eigenvalue weighted by atomic mass is 9.86. The van der Waals surface area contributed by atoms with E-state index in [4.69, 9.17) is 10.6 Å². The van der Waals surface area contributed by atoms with Crippen molar-refractivity contribution in [1.82, 2.24) is 5.43 Å². The second-order valence-electron chi connectivity index (χ2n) is 5.05. The number of rotatable bonds is 4. The van der Waals surface area contributed by atoms with Crippen molar-refractivity contribution in [3.63, 3.8) is 0 Å². The SMILES string of the molecule is COCC(NN)c1ccc(C(C)(C)C)cc1. The highest BCUT2D eigenvalue weighted by Gasteiger charge is 2.14. The molecule has 0 aliphatic heterocycles. The molecule has 3 nitrogen and oxygen atoms in total. The Morgan fingerprint density at radius 1 is 1.25 bits per heavy atom. The number of hydrogen-bond acceptors (Lipinski definition) is 3. The molecule has 16 heavy (non-hydrogen) atoms. The maximum atomic E-state index is 5.48. The summed E-state index contributed by atoms with van der Waals surface area (Å²) in [5.74, 6) is 5.48. The van der Waals surface area contributed by atoms with Crippen molar-refractivity contribution in [2.24, 2.45) is 5.84 Å². The fourth-order valence-corrected chi connectivity index (χ4v) is 1.62. The number of nitrogens with two attached hydrogens (primary N) is 1. The molecule has 0 saturated heterocycles. The molecule has 0 bridgehead atoms. The van der Waals surface area contributed by atoms with Crippen LogP contribution in [0.4, 0.5) is 0 Å². The highest BCUT2D eigenvalue weighted by atomic mass is 16.5. The molecular weight excluding hydrogens is 200 g/mol. The van der Waals surface area contributed by atoms with E-state index in [1.807, 2.05) is 0 Å². The second kappa shape index (κ2) is 5.43. The molecule has 0 aliphatic rings. The number of methoxy groups -OCH3 is 1. The fourth-order valence-electron chi connectivity index (χ4n) is 1.62. The Labute approximate surface area is 98.0 Å². The van der Waals surface area contributed by atoms with Crippen LogP contribution >= 0.6 is 0 Å². The molecular formula is C13H22N2O. The maximum absolute atomic E-state index is 5.48. The van der Waals surface area contributed by atoms with Gasteiger partial charge in [0, 0.05) is 7.11 Å². The first-order valence-electron chi connectivity index (χ1n) is 5.54. The minimum Gasteiger partial charge on any atom is -0.383 e. The molecule has 1 rings (SSSR count). The van der Waals surface area contributed by atoms with Gasteiger partial charge < -0.3 is 4.74 Å². The zero-order valence-electron chi connectivity index (χ0n) is 10.6. The Balaban J connectivity index is 2.85. The van der Waals surface area contributed by atoms with E-state index in [1.165, 1.54) is 5.56 Å². The predicted octanol–water partition coefficient (Wildman–Crippen LogP) is 2.13. The van der Waals surface area contributed by atoms with Gasteiger partial charge >= 0.3 is 0 Å². The molecule has 1 unspecified atom stereocenters. The predicted molar refractivity (Wildman–Crippen MR) is 67.1 cm³/mol. The highest BCUT2D eigenvalue weighted by Crippen LogP contribution is 2.23. The van der Waals surface area contributed by atoms with Crippen LogP contribution in [0.25, 0.3) is 0 Å². The first kappa shape index (κ1) is 13.2. The second-order valence-corrected chi connectivity index (χ2v) is 5.05. The topological polar surface area (TPSA) is 47.3 Å². The van der Waals surface area contributed by atoms with Gasteiger partial charge in [-0.2, -0.15) is 0 Å². The molecule has 1 atom stereocenters. The van der Waals surface area contributed by atoms with Gasteiger partial charge in [0.05, 0.1) is 12.6 Å². The standard InChI is InChI=1S/C13H22N2O/c1-13(2,3)11-7-5-10(6-8-11)12(15-14)9-16-4/h5-8,12,15H,9,14H2,1-4H3. The number of benzene rings is 1. The van der Waals surface area contributed by atoms with E-state index in [0.29, 0.717) is 6.61 Å². The van der Waals surface area contributed by atoms with Crippen molar-refractivity contribution >= 4 is 0 Å². The van der Waals surface area contributed by atoms with Crippen LogP contribution in [-0.4, -0.2) is 13.7 Å². The Kier molecular flexibility index (Phi) is 4.47. The van der Waals surface area contributed by atoms with Gasteiger partial charge in [0.1, 0.15) is 0 Å². The van der Waals surface area contributed by atoms with Crippen LogP contribution in [-0.2, 0) is 10.2 Å². The summed E-state index contributed by atoms with van der Waals surface area (Å²) in [5, 5.41) is 0. The van der Waals surface area contributed by atoms with Crippen LogP contribution < -0.4 is 11.3 Å². The van der Waals surface area contributed by atoms with Crippen LogP contribution in [0, 0.1) is 0 Å². The molecule has 1 aromatic carbocycles. The Morgan fingerprint density at radius 3 is 2.19 bits per heavy atom. The summed E-state index contributed by atoms with van der Waals surface area (Å²) in [6.45, 7) is 7.19. The lowest BCUT2D eigenvalue weighted by Gasteiger charge is -2.21. The third kappa shape index (κ3) is 3.30. The van der Waals surface area contributed by atoms with E-state index in [0.717, 1.165) is 5.56 Å². The fraction of sp³-hybridized carbons (Fsp3) is 0.538. The van der Waals surface area contributed by atoms with Gasteiger partial charge in [0.25, 0.3) is 0 Å². The minimum absolute atomic E-state index is 0.0546. The highest BCUT2D eigenvalue weighted by molar-refractivity contribution is 5.29. The van der Waals surface area contributed by atoms with Gasteiger partial charge in [-0.1, -0.05) is 45.0 Å². The average Bonchev–Trinajstić information content (AvgIpc) is 2.25. The van der Waals surface area contributed by atoms with Crippen molar-refractivity contribution in [2.45, 2.75) is 32.2 Å². The van der Waals surface area contributed by atoms with Crippen molar-refractivity contribution in [1.29, 1.82) is 0 Å². The van der Waals surface area contributed by atoms with Crippen LogP contribution in [0.2, 0.25) is 0 Å². The molecule has 3 heteroatoms. The van der Waals surface area contributed by atoms with Gasteiger partial charge in [-0.25, -0.2) is 0 Å². The molecule has 0 spiro atoms. The number of nitrogens with one attached hydrogen (secondary N) is 1. The minimum atomic E-state index is 0.0546. The molecule has 0 radical (unpaired) electrons. The smallest absolute Gasteiger partial charge is 0.0693 e. The average molecular weight is 222 g/mol. The van der Waals surface area contributed by atoms with E-state index in [-0.39, 0.29) is 11.5 Å². The number of hydrogen-bond donors (Lipinski definition) is 2. The van der Waals surface area contributed by atoms with Crippen molar-refractivity contribution in [3.8, 4) is 0 Å². The van der Waals surface area contributed by atoms with E-state index < -0.39 is 0 Å². The van der Waals surface area contributed by atoms with E-state index in [1.54, 1.807) is 7.11 Å². The van der Waals surface area contributed by atoms with Crippen LogP contribution in [0.5, 0.6) is 0 Å². The van der Waals surface area contributed by atoms with Gasteiger partial charge in [-0.05, 0) is 16.5 Å². The summed E-state index contributed by atoms with van der Waals surface area (Å²) in [5.41, 5.74) is 5.41. The van der Waals surface area contributed by atoms with Crippen molar-refractivity contribution in [2.75, 3.05) is 13.7 Å². The van der Waals surface area contributed by atoms with Crippen LogP contribution in [0.1, 0.15) is 37.9 Å². The Morgan fingerprint density at radius 2 is 1.81 bits per heavy atom. The molecule has 90 valence electrons. The zero-order valence-corrected chi connectivity index (χ0v) is 10.6. The first-order chi connectivity index (χ1) is 7.49. The Bertz CT molecular complexity index is 314. The van der Waals surface area contributed by atoms with Crippen molar-refractivity contribution < 1.29 is 4.74 Å². The molecule has 1 aromatic rings. The van der Waals surface area contributed by atoms with E-state index in [2.05, 4.69) is 50.5 Å². The normalized spacial score (nSPS) is 13.8. The summed E-state index contributed by atoms with van der Waals surface area (Å²) in [7, 11) is 1.67. The summed E-state index contributed by atoms with van der Waals surface area (Å²) in [6.07, 6.45) is 0. The molecule has 0 heterocycles. The quantitative estimate of drug-likeness (QED) is 0.606. The Hall–Kier alpha value is -0.900. The van der Waals surface area contributed by atoms with Crippen molar-refractivity contribution in [3.05, 3.63) is 35.4 Å². The molecule has 0 saturated carbocycles. The van der Waals surface area contributed by atoms with Crippen LogP contribution in [0.3, 0.4) is 0 Å². The largest absolute Gasteiger partial charge is 0.383 e. The molecule has 0 fully saturated rings.